The van der Waals surface area contributed by atoms with Gasteiger partial charge in [0.25, 0.3) is 0 Å². The number of rotatable bonds is 13. The second kappa shape index (κ2) is 14.4. The molecule has 2 aromatic carbocycles. The molecule has 0 saturated carbocycles. The Labute approximate surface area is 235 Å². The second-order valence-electron chi connectivity index (χ2n) is 9.62. The zero-order valence-electron chi connectivity index (χ0n) is 23.0. The summed E-state index contributed by atoms with van der Waals surface area (Å²) in [4.78, 5) is 19.8. The fraction of sp³-hybridized carbons (Fsp3) is 0.290. The van der Waals surface area contributed by atoms with E-state index in [2.05, 4.69) is 39.0 Å². The highest BCUT2D eigenvalue weighted by Gasteiger charge is 2.25. The molecule has 2 amide bonds. The van der Waals surface area contributed by atoms with Gasteiger partial charge in [0, 0.05) is 56.0 Å². The molecule has 0 radical (unpaired) electrons. The lowest BCUT2D eigenvalue weighted by Gasteiger charge is -2.32. The Hall–Kier alpha value is -4.84. The van der Waals surface area contributed by atoms with Crippen LogP contribution in [-0.4, -0.2) is 33.4 Å². The predicted octanol–water partition coefficient (Wildman–Crippen LogP) is 6.21. The van der Waals surface area contributed by atoms with E-state index in [-0.39, 0.29) is 12.1 Å². The summed E-state index contributed by atoms with van der Waals surface area (Å²) in [6.07, 6.45) is 6.96. The number of amides is 2. The van der Waals surface area contributed by atoms with Crippen molar-refractivity contribution in [1.29, 1.82) is 5.26 Å². The van der Waals surface area contributed by atoms with Gasteiger partial charge < -0.3 is 16.0 Å². The van der Waals surface area contributed by atoms with Crippen molar-refractivity contribution in [2.45, 2.75) is 45.2 Å². The molecule has 4 rings (SSSR count). The topological polar surface area (TPSA) is 111 Å². The molecule has 0 bridgehead atoms. The fourth-order valence-electron chi connectivity index (χ4n) is 4.54. The van der Waals surface area contributed by atoms with Crippen LogP contribution in [0.1, 0.15) is 43.7 Å². The highest BCUT2D eigenvalue weighted by molar-refractivity contribution is 5.92. The minimum atomic E-state index is -0.116. The van der Waals surface area contributed by atoms with Crippen molar-refractivity contribution in [3.63, 3.8) is 0 Å². The molecule has 0 aliphatic carbocycles. The van der Waals surface area contributed by atoms with Crippen LogP contribution in [0, 0.1) is 11.3 Å². The van der Waals surface area contributed by atoms with Gasteiger partial charge in [-0.15, -0.1) is 0 Å². The van der Waals surface area contributed by atoms with Gasteiger partial charge in [0.05, 0.1) is 5.56 Å². The Kier molecular flexibility index (Phi) is 10.1. The summed E-state index contributed by atoms with van der Waals surface area (Å²) < 4.78 is 1.75. The predicted molar refractivity (Wildman–Crippen MR) is 159 cm³/mol. The number of benzene rings is 2. The zero-order chi connectivity index (χ0) is 28.2. The number of nitrogens with zero attached hydrogens (tertiary/aromatic N) is 5. The maximum atomic E-state index is 13.7. The number of urea groups is 1. The molecule has 0 aliphatic heterocycles. The van der Waals surface area contributed by atoms with Crippen LogP contribution in [-0.2, 0) is 13.6 Å². The average molecular weight is 537 g/mol. The summed E-state index contributed by atoms with van der Waals surface area (Å²) in [5.74, 6) is 1.50. The van der Waals surface area contributed by atoms with Crippen LogP contribution in [0.3, 0.4) is 0 Å². The lowest BCUT2D eigenvalue weighted by Crippen LogP contribution is -2.46. The first-order valence-corrected chi connectivity index (χ1v) is 13.6. The van der Waals surface area contributed by atoms with E-state index in [1.165, 1.54) is 0 Å². The number of hydrogen-bond acceptors (Lipinski definition) is 6. The van der Waals surface area contributed by atoms with E-state index in [4.69, 9.17) is 5.26 Å². The number of aromatic nitrogens is 3. The van der Waals surface area contributed by atoms with Crippen molar-refractivity contribution in [2.24, 2.45) is 7.05 Å². The summed E-state index contributed by atoms with van der Waals surface area (Å²) in [6.45, 7) is 3.32. The summed E-state index contributed by atoms with van der Waals surface area (Å²) in [5, 5.41) is 23.1. The fourth-order valence-corrected chi connectivity index (χ4v) is 4.54. The van der Waals surface area contributed by atoms with E-state index in [0.29, 0.717) is 18.7 Å². The Morgan fingerprint density at radius 1 is 1.02 bits per heavy atom. The molecule has 2 heterocycles. The molecular weight excluding hydrogens is 500 g/mol. The van der Waals surface area contributed by atoms with Crippen LogP contribution in [0.2, 0.25) is 0 Å². The molecule has 3 N–H and O–H groups in total. The lowest BCUT2D eigenvalue weighted by atomic mass is 10.0. The first-order chi connectivity index (χ1) is 19.6. The van der Waals surface area contributed by atoms with Gasteiger partial charge >= 0.3 is 6.03 Å². The van der Waals surface area contributed by atoms with Crippen molar-refractivity contribution in [2.75, 3.05) is 22.1 Å². The number of pyridine rings is 1. The maximum Gasteiger partial charge on any atom is 0.322 e. The molecule has 0 saturated heterocycles. The number of carbonyl (C=O) groups is 1. The second-order valence-corrected chi connectivity index (χ2v) is 9.62. The van der Waals surface area contributed by atoms with Crippen LogP contribution in [0.5, 0.6) is 0 Å². The molecular formula is C31H36N8O. The number of anilines is 4. The number of aryl methyl sites for hydroxylation is 1. The van der Waals surface area contributed by atoms with E-state index in [1.807, 2.05) is 84.9 Å². The summed E-state index contributed by atoms with van der Waals surface area (Å²) in [7, 11) is 1.88. The number of nitriles is 1. The van der Waals surface area contributed by atoms with E-state index in [0.717, 1.165) is 54.3 Å². The molecule has 40 heavy (non-hydrogen) atoms. The molecule has 9 nitrogen and oxygen atoms in total. The van der Waals surface area contributed by atoms with E-state index in [9.17, 15) is 4.79 Å². The standard InChI is InChI=1S/C31H36N8O/c1-3-8-27(11-7-19-33-29-17-12-25(21-32)23-34-29)39(31(40)35-22-24-9-5-4-6-10-24)28-15-13-26(14-16-28)36-30-18-20-38(2)37-30/h4-6,9-10,12-18,20,23,27H,3,7-8,11,19,22H2,1-2H3,(H,33,34)(H,35,40)(H,36,37). The maximum absolute atomic E-state index is 13.7. The summed E-state index contributed by atoms with van der Waals surface area (Å²) in [6, 6.07) is 25.3. The third kappa shape index (κ3) is 8.08. The summed E-state index contributed by atoms with van der Waals surface area (Å²) >= 11 is 0. The Morgan fingerprint density at radius 2 is 1.82 bits per heavy atom. The van der Waals surface area contributed by atoms with Crippen molar-refractivity contribution in [3.8, 4) is 6.07 Å². The quantitative estimate of drug-likeness (QED) is 0.175. The van der Waals surface area contributed by atoms with Crippen LogP contribution in [0.15, 0.2) is 85.2 Å². The van der Waals surface area contributed by atoms with Gasteiger partial charge in [0.1, 0.15) is 11.9 Å². The van der Waals surface area contributed by atoms with Gasteiger partial charge in [0.15, 0.2) is 5.82 Å². The minimum Gasteiger partial charge on any atom is -0.370 e. The van der Waals surface area contributed by atoms with E-state index < -0.39 is 0 Å². The number of nitrogens with one attached hydrogen (secondary N) is 3. The van der Waals surface area contributed by atoms with Crippen molar-refractivity contribution in [1.82, 2.24) is 20.1 Å². The number of carbonyl (C=O) groups excluding carboxylic acids is 1. The van der Waals surface area contributed by atoms with Gasteiger partial charge in [0.2, 0.25) is 0 Å². The zero-order valence-corrected chi connectivity index (χ0v) is 23.0. The van der Waals surface area contributed by atoms with Gasteiger partial charge in [-0.25, -0.2) is 9.78 Å². The third-order valence-electron chi connectivity index (χ3n) is 6.54. The molecule has 1 unspecified atom stereocenters. The minimum absolute atomic E-state index is 0.0195. The molecule has 206 valence electrons. The molecule has 0 fully saturated rings. The van der Waals surface area contributed by atoms with E-state index in [1.54, 1.807) is 16.9 Å². The van der Waals surface area contributed by atoms with Gasteiger partial charge in [-0.1, -0.05) is 43.7 Å². The van der Waals surface area contributed by atoms with Gasteiger partial charge in [-0.3, -0.25) is 9.58 Å². The largest absolute Gasteiger partial charge is 0.370 e. The number of hydrogen-bond donors (Lipinski definition) is 3. The average Bonchev–Trinajstić information content (AvgIpc) is 3.40. The Balaban J connectivity index is 1.46. The first-order valence-electron chi connectivity index (χ1n) is 13.6. The van der Waals surface area contributed by atoms with Crippen LogP contribution in [0.4, 0.5) is 27.8 Å². The smallest absolute Gasteiger partial charge is 0.322 e. The highest BCUT2D eigenvalue weighted by atomic mass is 16.2. The molecule has 1 atom stereocenters. The Bertz CT molecular complexity index is 1380. The van der Waals surface area contributed by atoms with Crippen LogP contribution >= 0.6 is 0 Å². The van der Waals surface area contributed by atoms with Crippen molar-refractivity contribution < 1.29 is 4.79 Å². The van der Waals surface area contributed by atoms with Crippen molar-refractivity contribution in [3.05, 3.63) is 96.3 Å². The first kappa shape index (κ1) is 28.2. The molecule has 4 aromatic rings. The summed E-state index contributed by atoms with van der Waals surface area (Å²) in [5.41, 5.74) is 3.33. The van der Waals surface area contributed by atoms with Gasteiger partial charge in [-0.05, 0) is 61.2 Å². The SMILES string of the molecule is CCCC(CCCNc1ccc(C#N)cn1)N(C(=O)NCc1ccccc1)c1ccc(Nc2ccn(C)n2)cc1. The normalized spacial score (nSPS) is 11.3. The lowest BCUT2D eigenvalue weighted by molar-refractivity contribution is 0.242. The molecule has 0 spiro atoms. The van der Waals surface area contributed by atoms with Crippen LogP contribution in [0.25, 0.3) is 0 Å². The van der Waals surface area contributed by atoms with Crippen LogP contribution < -0.4 is 20.9 Å². The monoisotopic (exact) mass is 536 g/mol. The third-order valence-corrected chi connectivity index (χ3v) is 6.54. The van der Waals surface area contributed by atoms with Crippen molar-refractivity contribution >= 4 is 29.0 Å². The molecule has 2 aromatic heterocycles. The molecule has 0 aliphatic rings. The van der Waals surface area contributed by atoms with Gasteiger partial charge in [-0.2, -0.15) is 10.4 Å². The Morgan fingerprint density at radius 3 is 2.48 bits per heavy atom. The van der Waals surface area contributed by atoms with E-state index >= 15 is 0 Å². The molecule has 9 heteroatoms. The highest BCUT2D eigenvalue weighted by Crippen LogP contribution is 2.26.